The molecular weight excluding hydrogens is 230 g/mol. The molecule has 0 saturated heterocycles. The summed E-state index contributed by atoms with van der Waals surface area (Å²) in [5, 5.41) is 0. The third-order valence-corrected chi connectivity index (χ3v) is 6.11. The highest BCUT2D eigenvalue weighted by atomic mass is 32.2. The van der Waals surface area contributed by atoms with E-state index in [4.69, 9.17) is 0 Å². The van der Waals surface area contributed by atoms with Crippen molar-refractivity contribution in [2.75, 3.05) is 12.8 Å². The van der Waals surface area contributed by atoms with E-state index >= 15 is 0 Å². The van der Waals surface area contributed by atoms with E-state index in [9.17, 15) is 4.21 Å². The van der Waals surface area contributed by atoms with Crippen LogP contribution in [0.3, 0.4) is 0 Å². The third-order valence-electron chi connectivity index (χ3n) is 3.59. The Hall–Kier alpha value is -0.830. The van der Waals surface area contributed by atoms with Crippen LogP contribution in [0.25, 0.3) is 0 Å². The van der Waals surface area contributed by atoms with Crippen molar-refractivity contribution < 1.29 is 4.21 Å². The molecule has 1 atom stereocenters. The van der Waals surface area contributed by atoms with Crippen LogP contribution in [0.1, 0.15) is 32.1 Å². The van der Waals surface area contributed by atoms with E-state index in [1.54, 1.807) is 7.05 Å². The van der Waals surface area contributed by atoms with Gasteiger partial charge < -0.3 is 0 Å². The lowest BCUT2D eigenvalue weighted by atomic mass is 9.91. The van der Waals surface area contributed by atoms with E-state index < -0.39 is 9.73 Å². The van der Waals surface area contributed by atoms with Crippen LogP contribution in [0.5, 0.6) is 0 Å². The molecule has 0 N–H and O–H groups in total. The summed E-state index contributed by atoms with van der Waals surface area (Å²) >= 11 is 0. The third kappa shape index (κ3) is 3.09. The Morgan fingerprint density at radius 1 is 1.18 bits per heavy atom. The van der Waals surface area contributed by atoms with Gasteiger partial charge in [-0.2, -0.15) is 0 Å². The van der Waals surface area contributed by atoms with Gasteiger partial charge in [-0.3, -0.25) is 0 Å². The largest absolute Gasteiger partial charge is 0.245 e. The molecule has 0 radical (unpaired) electrons. The van der Waals surface area contributed by atoms with Gasteiger partial charge >= 0.3 is 0 Å². The Morgan fingerprint density at radius 3 is 2.41 bits per heavy atom. The van der Waals surface area contributed by atoms with Crippen molar-refractivity contribution in [3.05, 3.63) is 30.3 Å². The minimum absolute atomic E-state index is 0.597. The number of hydrogen-bond donors (Lipinski definition) is 0. The molecule has 2 nitrogen and oxygen atoms in total. The molecule has 0 unspecified atom stereocenters. The van der Waals surface area contributed by atoms with Crippen LogP contribution in [0.4, 0.5) is 0 Å². The van der Waals surface area contributed by atoms with Gasteiger partial charge in [0.15, 0.2) is 0 Å². The average Bonchev–Trinajstić information content (AvgIpc) is 2.41. The zero-order valence-electron chi connectivity index (χ0n) is 10.5. The highest BCUT2D eigenvalue weighted by molar-refractivity contribution is 7.93. The molecule has 0 heterocycles. The van der Waals surface area contributed by atoms with Crippen LogP contribution in [0.15, 0.2) is 39.6 Å². The van der Waals surface area contributed by atoms with E-state index in [-0.39, 0.29) is 0 Å². The standard InChI is InChI=1S/C14H21NOS/c1-15-17(16,14-10-6-3-7-11-14)12-13-8-4-2-5-9-13/h3,6-7,10-11,13H,2,4-5,8-9,12H2,1H3/t17-/m0/s1. The Balaban J connectivity index is 2.18. The first-order valence-electron chi connectivity index (χ1n) is 6.42. The molecule has 3 heteroatoms. The quantitative estimate of drug-likeness (QED) is 0.805. The van der Waals surface area contributed by atoms with Crippen LogP contribution in [0, 0.1) is 5.92 Å². The normalized spacial score (nSPS) is 20.8. The van der Waals surface area contributed by atoms with Crippen molar-refractivity contribution in [2.24, 2.45) is 10.3 Å². The SMILES string of the molecule is CN=[S@](=O)(CC1CCCCC1)c1ccccc1. The van der Waals surface area contributed by atoms with Gasteiger partial charge in [0.05, 0.1) is 9.73 Å². The molecule has 1 aromatic carbocycles. The van der Waals surface area contributed by atoms with Gasteiger partial charge in [0, 0.05) is 17.7 Å². The minimum atomic E-state index is -2.18. The average molecular weight is 251 g/mol. The molecule has 1 aliphatic carbocycles. The Kier molecular flexibility index (Phi) is 4.21. The van der Waals surface area contributed by atoms with Crippen LogP contribution in [-0.2, 0) is 9.73 Å². The summed E-state index contributed by atoms with van der Waals surface area (Å²) in [7, 11) is -0.488. The zero-order chi connectivity index (χ0) is 12.1. The van der Waals surface area contributed by atoms with Crippen molar-refractivity contribution in [1.82, 2.24) is 0 Å². The van der Waals surface area contributed by atoms with Crippen LogP contribution in [0.2, 0.25) is 0 Å². The summed E-state index contributed by atoms with van der Waals surface area (Å²) in [6, 6.07) is 9.73. The minimum Gasteiger partial charge on any atom is -0.245 e. The molecule has 0 bridgehead atoms. The van der Waals surface area contributed by atoms with Crippen molar-refractivity contribution in [1.29, 1.82) is 0 Å². The molecule has 94 valence electrons. The molecule has 1 saturated carbocycles. The predicted octanol–water partition coefficient (Wildman–Crippen LogP) is 3.72. The number of benzene rings is 1. The lowest BCUT2D eigenvalue weighted by molar-refractivity contribution is 0.388. The highest BCUT2D eigenvalue weighted by Crippen LogP contribution is 2.27. The van der Waals surface area contributed by atoms with Gasteiger partial charge in [-0.15, -0.1) is 0 Å². The number of nitrogens with zero attached hydrogens (tertiary/aromatic N) is 1. The molecule has 0 spiro atoms. The molecular formula is C14H21NOS. The monoisotopic (exact) mass is 251 g/mol. The summed E-state index contributed by atoms with van der Waals surface area (Å²) < 4.78 is 17.1. The number of rotatable bonds is 3. The van der Waals surface area contributed by atoms with E-state index in [0.29, 0.717) is 5.92 Å². The maximum absolute atomic E-state index is 12.9. The van der Waals surface area contributed by atoms with E-state index in [1.807, 2.05) is 30.3 Å². The fourth-order valence-corrected chi connectivity index (χ4v) is 4.69. The fraction of sp³-hybridized carbons (Fsp3) is 0.571. The maximum Gasteiger partial charge on any atom is 0.0752 e. The first kappa shape index (κ1) is 12.6. The Labute approximate surface area is 105 Å². The summed E-state index contributed by atoms with van der Waals surface area (Å²) in [6.45, 7) is 0. The lowest BCUT2D eigenvalue weighted by Crippen LogP contribution is -2.18. The van der Waals surface area contributed by atoms with Crippen LogP contribution < -0.4 is 0 Å². The number of hydrogen-bond acceptors (Lipinski definition) is 2. The van der Waals surface area contributed by atoms with Gasteiger partial charge in [0.25, 0.3) is 0 Å². The van der Waals surface area contributed by atoms with E-state index in [1.165, 1.54) is 32.1 Å². The van der Waals surface area contributed by atoms with Gasteiger partial charge in [-0.25, -0.2) is 8.57 Å². The topological polar surface area (TPSA) is 29.4 Å². The Morgan fingerprint density at radius 2 is 1.82 bits per heavy atom. The van der Waals surface area contributed by atoms with E-state index in [2.05, 4.69) is 4.36 Å². The first-order valence-corrected chi connectivity index (χ1v) is 8.11. The molecule has 0 amide bonds. The zero-order valence-corrected chi connectivity index (χ0v) is 11.3. The second kappa shape index (κ2) is 5.67. The van der Waals surface area contributed by atoms with Crippen molar-refractivity contribution >= 4 is 9.73 Å². The van der Waals surface area contributed by atoms with Crippen LogP contribution >= 0.6 is 0 Å². The van der Waals surface area contributed by atoms with Crippen molar-refractivity contribution in [3.8, 4) is 0 Å². The highest BCUT2D eigenvalue weighted by Gasteiger charge is 2.20. The summed E-state index contributed by atoms with van der Waals surface area (Å²) in [6.07, 6.45) is 6.36. The predicted molar refractivity (Wildman–Crippen MR) is 72.6 cm³/mol. The van der Waals surface area contributed by atoms with Crippen molar-refractivity contribution in [2.45, 2.75) is 37.0 Å². The van der Waals surface area contributed by atoms with Gasteiger partial charge in [-0.05, 0) is 30.9 Å². The summed E-state index contributed by atoms with van der Waals surface area (Å²) in [5.74, 6) is 1.34. The second-order valence-corrected chi connectivity index (χ2v) is 7.26. The fourth-order valence-electron chi connectivity index (χ4n) is 2.58. The molecule has 1 aliphatic rings. The van der Waals surface area contributed by atoms with Gasteiger partial charge in [0.2, 0.25) is 0 Å². The van der Waals surface area contributed by atoms with Gasteiger partial charge in [-0.1, -0.05) is 37.5 Å². The summed E-state index contributed by atoms with van der Waals surface area (Å²) in [4.78, 5) is 0.896. The second-order valence-electron chi connectivity index (χ2n) is 4.81. The molecule has 1 aromatic rings. The smallest absolute Gasteiger partial charge is 0.0752 e. The molecule has 1 fully saturated rings. The Bertz CT molecular complexity index is 454. The molecule has 2 rings (SSSR count). The first-order chi connectivity index (χ1) is 8.24. The lowest BCUT2D eigenvalue weighted by Gasteiger charge is -2.23. The van der Waals surface area contributed by atoms with Crippen molar-refractivity contribution in [3.63, 3.8) is 0 Å². The summed E-state index contributed by atoms with van der Waals surface area (Å²) in [5.41, 5.74) is 0. The van der Waals surface area contributed by atoms with Gasteiger partial charge in [0.1, 0.15) is 0 Å². The van der Waals surface area contributed by atoms with E-state index in [0.717, 1.165) is 10.6 Å². The van der Waals surface area contributed by atoms with Crippen LogP contribution in [-0.4, -0.2) is 17.0 Å². The molecule has 0 aromatic heterocycles. The maximum atomic E-state index is 12.9. The molecule has 0 aliphatic heterocycles. The molecule has 17 heavy (non-hydrogen) atoms.